The number of carbonyl (C=O) groups excluding carboxylic acids is 1. The second kappa shape index (κ2) is 10.3. The molecule has 0 aromatic heterocycles. The lowest BCUT2D eigenvalue weighted by Crippen LogP contribution is -2.25. The Kier molecular flexibility index (Phi) is 8.72. The van der Waals surface area contributed by atoms with E-state index in [0.29, 0.717) is 30.4 Å². The standard InChI is InChI=1S/C20H30O4/c1-14(2)18(22)10-8-17-9-11-19(24-20(17)23)16(4)7-5-6-15(3)12-13-21/h7,9,12,18-19,21-22H,1,5-6,8,10-11,13H2,2-4H3/b15-12-,16-7+/t18-,19-/m1/s1. The van der Waals surface area contributed by atoms with E-state index in [0.717, 1.165) is 24.0 Å². The fraction of sp³-hybridized carbons (Fsp3) is 0.550. The Balaban J connectivity index is 2.52. The van der Waals surface area contributed by atoms with Gasteiger partial charge in [0.05, 0.1) is 12.7 Å². The second-order valence-corrected chi connectivity index (χ2v) is 6.48. The van der Waals surface area contributed by atoms with E-state index in [4.69, 9.17) is 9.84 Å². The Labute approximate surface area is 145 Å². The lowest BCUT2D eigenvalue weighted by atomic mass is 9.97. The van der Waals surface area contributed by atoms with E-state index in [1.165, 1.54) is 0 Å². The third-order valence-corrected chi connectivity index (χ3v) is 4.30. The van der Waals surface area contributed by atoms with E-state index in [1.807, 2.05) is 19.9 Å². The van der Waals surface area contributed by atoms with Gasteiger partial charge >= 0.3 is 5.97 Å². The summed E-state index contributed by atoms with van der Waals surface area (Å²) >= 11 is 0. The number of allylic oxidation sites excluding steroid dienone is 2. The Morgan fingerprint density at radius 1 is 1.42 bits per heavy atom. The number of hydrogen-bond acceptors (Lipinski definition) is 4. The van der Waals surface area contributed by atoms with Crippen molar-refractivity contribution in [1.29, 1.82) is 0 Å². The second-order valence-electron chi connectivity index (χ2n) is 6.48. The van der Waals surface area contributed by atoms with E-state index in [1.54, 1.807) is 13.0 Å². The summed E-state index contributed by atoms with van der Waals surface area (Å²) in [5.41, 5.74) is 3.56. The van der Waals surface area contributed by atoms with Gasteiger partial charge in [-0.2, -0.15) is 0 Å². The van der Waals surface area contributed by atoms with Crippen LogP contribution in [0, 0.1) is 0 Å². The molecule has 4 nitrogen and oxygen atoms in total. The summed E-state index contributed by atoms with van der Waals surface area (Å²) < 4.78 is 5.52. The molecule has 1 aliphatic rings. The minimum Gasteiger partial charge on any atom is -0.454 e. The van der Waals surface area contributed by atoms with Crippen LogP contribution in [0.5, 0.6) is 0 Å². The maximum Gasteiger partial charge on any atom is 0.334 e. The van der Waals surface area contributed by atoms with Crippen LogP contribution in [-0.2, 0) is 9.53 Å². The van der Waals surface area contributed by atoms with Gasteiger partial charge in [-0.25, -0.2) is 4.79 Å². The topological polar surface area (TPSA) is 66.8 Å². The SMILES string of the molecule is C=C(C)[C@H](O)CCC1=CC[C@H](/C(C)=C/CC/C(C)=C\CO)OC1=O. The molecule has 24 heavy (non-hydrogen) atoms. The highest BCUT2D eigenvalue weighted by atomic mass is 16.5. The monoisotopic (exact) mass is 334 g/mol. The van der Waals surface area contributed by atoms with Crippen molar-refractivity contribution in [3.63, 3.8) is 0 Å². The molecule has 134 valence electrons. The molecule has 0 saturated heterocycles. The van der Waals surface area contributed by atoms with Crippen molar-refractivity contribution in [2.45, 2.75) is 65.1 Å². The molecule has 0 aromatic rings. The van der Waals surface area contributed by atoms with Gasteiger partial charge in [-0.15, -0.1) is 0 Å². The Morgan fingerprint density at radius 2 is 2.12 bits per heavy atom. The maximum absolute atomic E-state index is 12.1. The predicted molar refractivity (Wildman–Crippen MR) is 96.5 cm³/mol. The van der Waals surface area contributed by atoms with Crippen LogP contribution in [0.15, 0.2) is 47.1 Å². The zero-order valence-electron chi connectivity index (χ0n) is 15.0. The van der Waals surface area contributed by atoms with Gasteiger partial charge in [-0.05, 0) is 52.0 Å². The van der Waals surface area contributed by atoms with Gasteiger partial charge in [0.25, 0.3) is 0 Å². The lowest BCUT2D eigenvalue weighted by Gasteiger charge is -2.23. The normalized spacial score (nSPS) is 20.5. The quantitative estimate of drug-likeness (QED) is 0.499. The van der Waals surface area contributed by atoms with Crippen LogP contribution in [0.3, 0.4) is 0 Å². The zero-order valence-corrected chi connectivity index (χ0v) is 15.0. The third kappa shape index (κ3) is 6.85. The molecule has 0 saturated carbocycles. The fourth-order valence-corrected chi connectivity index (χ4v) is 2.52. The molecular formula is C20H30O4. The Bertz CT molecular complexity index is 540. The van der Waals surface area contributed by atoms with Crippen LogP contribution in [-0.4, -0.2) is 35.0 Å². The van der Waals surface area contributed by atoms with E-state index in [-0.39, 0.29) is 18.7 Å². The van der Waals surface area contributed by atoms with Crippen molar-refractivity contribution in [3.8, 4) is 0 Å². The van der Waals surface area contributed by atoms with Crippen molar-refractivity contribution in [2.75, 3.05) is 6.61 Å². The average Bonchev–Trinajstić information content (AvgIpc) is 2.53. The summed E-state index contributed by atoms with van der Waals surface area (Å²) in [5.74, 6) is -0.288. The molecule has 1 rings (SSSR count). The average molecular weight is 334 g/mol. The lowest BCUT2D eigenvalue weighted by molar-refractivity contribution is -0.143. The van der Waals surface area contributed by atoms with Crippen LogP contribution in [0.2, 0.25) is 0 Å². The molecule has 0 bridgehead atoms. The molecule has 0 unspecified atom stereocenters. The highest BCUT2D eigenvalue weighted by molar-refractivity contribution is 5.89. The fourth-order valence-electron chi connectivity index (χ4n) is 2.52. The number of rotatable bonds is 9. The number of aliphatic hydroxyl groups excluding tert-OH is 2. The summed E-state index contributed by atoms with van der Waals surface area (Å²) in [4.78, 5) is 12.1. The molecule has 0 fully saturated rings. The van der Waals surface area contributed by atoms with Crippen molar-refractivity contribution in [1.82, 2.24) is 0 Å². The number of cyclic esters (lactones) is 1. The molecule has 0 radical (unpaired) electrons. The van der Waals surface area contributed by atoms with Crippen LogP contribution in [0.25, 0.3) is 0 Å². The molecule has 2 atom stereocenters. The smallest absolute Gasteiger partial charge is 0.334 e. The first kappa shape index (κ1) is 20.4. The van der Waals surface area contributed by atoms with Crippen molar-refractivity contribution >= 4 is 5.97 Å². The molecule has 1 heterocycles. The number of esters is 1. The summed E-state index contributed by atoms with van der Waals surface area (Å²) in [5, 5.41) is 18.6. The van der Waals surface area contributed by atoms with Crippen molar-refractivity contribution in [2.24, 2.45) is 0 Å². The number of aliphatic hydroxyl groups is 2. The van der Waals surface area contributed by atoms with Gasteiger partial charge in [0.2, 0.25) is 0 Å². The van der Waals surface area contributed by atoms with Gasteiger partial charge in [-0.1, -0.05) is 36.0 Å². The van der Waals surface area contributed by atoms with Gasteiger partial charge < -0.3 is 14.9 Å². The maximum atomic E-state index is 12.1. The van der Waals surface area contributed by atoms with Crippen LogP contribution < -0.4 is 0 Å². The van der Waals surface area contributed by atoms with Crippen molar-refractivity contribution < 1.29 is 19.7 Å². The molecule has 1 aliphatic heterocycles. The molecule has 0 aromatic carbocycles. The molecular weight excluding hydrogens is 304 g/mol. The van der Waals surface area contributed by atoms with Crippen LogP contribution >= 0.6 is 0 Å². The number of hydrogen-bond donors (Lipinski definition) is 2. The molecule has 4 heteroatoms. The largest absolute Gasteiger partial charge is 0.454 e. The molecule has 0 amide bonds. The Hall–Kier alpha value is -1.65. The summed E-state index contributed by atoms with van der Waals surface area (Å²) in [6, 6.07) is 0. The van der Waals surface area contributed by atoms with Gasteiger partial charge in [0.1, 0.15) is 6.10 Å². The first-order chi connectivity index (χ1) is 11.3. The van der Waals surface area contributed by atoms with E-state index in [2.05, 4.69) is 12.7 Å². The van der Waals surface area contributed by atoms with Crippen molar-refractivity contribution in [3.05, 3.63) is 47.1 Å². The summed E-state index contributed by atoms with van der Waals surface area (Å²) in [6.45, 7) is 9.54. The molecule has 0 aliphatic carbocycles. The van der Waals surface area contributed by atoms with E-state index < -0.39 is 6.10 Å². The molecule has 2 N–H and O–H groups in total. The highest BCUT2D eigenvalue weighted by Gasteiger charge is 2.24. The highest BCUT2D eigenvalue weighted by Crippen LogP contribution is 2.24. The van der Waals surface area contributed by atoms with Gasteiger partial charge in [0, 0.05) is 12.0 Å². The van der Waals surface area contributed by atoms with Gasteiger partial charge in [0.15, 0.2) is 0 Å². The Morgan fingerprint density at radius 3 is 2.71 bits per heavy atom. The zero-order chi connectivity index (χ0) is 18.1. The first-order valence-corrected chi connectivity index (χ1v) is 8.51. The third-order valence-electron chi connectivity index (χ3n) is 4.30. The van der Waals surface area contributed by atoms with E-state index in [9.17, 15) is 9.90 Å². The minimum absolute atomic E-state index is 0.0718. The molecule has 0 spiro atoms. The minimum atomic E-state index is -0.576. The van der Waals surface area contributed by atoms with Crippen LogP contribution in [0.4, 0.5) is 0 Å². The summed E-state index contributed by atoms with van der Waals surface area (Å²) in [6.07, 6.45) is 8.48. The van der Waals surface area contributed by atoms with E-state index >= 15 is 0 Å². The predicted octanol–water partition coefficient (Wildman–Crippen LogP) is 3.61. The number of carbonyl (C=O) groups is 1. The number of ether oxygens (including phenoxy) is 1. The van der Waals surface area contributed by atoms with Gasteiger partial charge in [-0.3, -0.25) is 0 Å². The van der Waals surface area contributed by atoms with Crippen LogP contribution in [0.1, 0.15) is 52.9 Å². The first-order valence-electron chi connectivity index (χ1n) is 8.51. The summed E-state index contributed by atoms with van der Waals surface area (Å²) in [7, 11) is 0.